The van der Waals surface area contributed by atoms with E-state index in [1.54, 1.807) is 0 Å². The molecule has 7 heteroatoms. The summed E-state index contributed by atoms with van der Waals surface area (Å²) in [6.45, 7) is 1.32. The van der Waals surface area contributed by atoms with E-state index in [0.717, 1.165) is 0 Å². The Kier molecular flexibility index (Phi) is 502. The summed E-state index contributed by atoms with van der Waals surface area (Å²) >= 11 is 0. The van der Waals surface area contributed by atoms with Crippen LogP contribution in [0.1, 0.15) is 16.3 Å². The standard InChI is InChI=1S/CH3B.CH2O3.2CH4.B.2Na.H/c1-2;2-1-4-3;;;;;;/h1H3;1,3H;2*1H4;;;;/q;;;;;2*+1;-1/p-1. The fraction of sp³-hybridized carbons (Fsp3) is 0.750. The molecule has 0 amide bonds. The van der Waals surface area contributed by atoms with E-state index in [1.807, 2.05) is 0 Å². The predicted octanol–water partition coefficient (Wildman–Crippen LogP) is -6.35. The van der Waals surface area contributed by atoms with Gasteiger partial charge in [-0.3, -0.25) is 4.79 Å². The first-order valence-corrected chi connectivity index (χ1v) is 1.22. The molecule has 0 N–H and O–H groups in total. The molecule has 0 atom stereocenters. The summed E-state index contributed by atoms with van der Waals surface area (Å²) in [5.41, 5.74) is 0. The van der Waals surface area contributed by atoms with Crippen molar-refractivity contribution in [1.82, 2.24) is 0 Å². The first kappa shape index (κ1) is 54.3. The topological polar surface area (TPSA) is 49.4 Å². The van der Waals surface area contributed by atoms with Crippen molar-refractivity contribution in [3.63, 3.8) is 0 Å². The van der Waals surface area contributed by atoms with E-state index in [2.05, 4.69) is 12.7 Å². The molecule has 11 heavy (non-hydrogen) atoms. The van der Waals surface area contributed by atoms with E-state index in [1.165, 1.54) is 6.82 Å². The van der Waals surface area contributed by atoms with Crippen molar-refractivity contribution < 1.29 is 75.5 Å². The molecule has 0 aromatic rings. The van der Waals surface area contributed by atoms with Gasteiger partial charge in [0.1, 0.15) is 0 Å². The third-order valence-electron chi connectivity index (χ3n) is 0.0393. The smallest absolute Gasteiger partial charge is 1.00 e. The largest absolute Gasteiger partial charge is 1.00 e. The molecule has 0 saturated heterocycles. The van der Waals surface area contributed by atoms with Crippen LogP contribution in [0.2, 0.25) is 6.82 Å². The van der Waals surface area contributed by atoms with Gasteiger partial charge in [-0.25, -0.2) is 0 Å². The molecule has 0 heterocycles. The van der Waals surface area contributed by atoms with Crippen molar-refractivity contribution in [3.8, 4) is 0 Å². The summed E-state index contributed by atoms with van der Waals surface area (Å²) < 4.78 is 0. The Bertz CT molecular complexity index is 40.3. The molecule has 0 rings (SSSR count). The third-order valence-corrected chi connectivity index (χ3v) is 0.0393. The fourth-order valence-electron chi connectivity index (χ4n) is 0. The maximum absolute atomic E-state index is 8.64. The van der Waals surface area contributed by atoms with Crippen molar-refractivity contribution in [3.05, 3.63) is 0 Å². The second kappa shape index (κ2) is 102. The molecule has 0 spiro atoms. The average Bonchev–Trinajstić information content (AvgIpc) is 1.72. The summed E-state index contributed by atoms with van der Waals surface area (Å²) in [4.78, 5) is 11.2. The Morgan fingerprint density at radius 2 is 1.45 bits per heavy atom. The summed E-state index contributed by atoms with van der Waals surface area (Å²) in [7, 11) is 4.50. The number of carbonyl (C=O) groups is 1. The van der Waals surface area contributed by atoms with E-state index in [0.29, 0.717) is 0 Å². The van der Waals surface area contributed by atoms with E-state index in [4.69, 9.17) is 10.1 Å². The van der Waals surface area contributed by atoms with Crippen molar-refractivity contribution in [2.45, 2.75) is 21.7 Å². The average molecular weight is 177 g/mol. The third kappa shape index (κ3) is 161. The van der Waals surface area contributed by atoms with Crippen molar-refractivity contribution in [2.75, 3.05) is 0 Å². The SMILES string of the molecule is C.C.O=CO[O-].[B].[B]C.[H-].[Na+].[Na+]. The maximum atomic E-state index is 8.64. The zero-order valence-corrected chi connectivity index (χ0v) is 9.96. The molecule has 0 aliphatic rings. The van der Waals surface area contributed by atoms with E-state index < -0.39 is 0 Å². The number of hydrogen-bond donors (Lipinski definition) is 0. The van der Waals surface area contributed by atoms with Gasteiger partial charge in [0.05, 0.1) is 7.85 Å². The molecule has 0 saturated carbocycles. The minimum Gasteiger partial charge on any atom is -1.00 e. The number of rotatable bonds is 1. The van der Waals surface area contributed by atoms with E-state index in [9.17, 15) is 0 Å². The van der Waals surface area contributed by atoms with Crippen molar-refractivity contribution >= 4 is 22.7 Å². The molecule has 0 bridgehead atoms. The van der Waals surface area contributed by atoms with Gasteiger partial charge in [0.25, 0.3) is 6.47 Å². The van der Waals surface area contributed by atoms with Crippen LogP contribution in [-0.4, -0.2) is 22.7 Å². The number of carbonyl (C=O) groups excluding carboxylic acids is 1. The quantitative estimate of drug-likeness (QED) is 0.173. The molecule has 5 radical (unpaired) electrons. The monoisotopic (exact) mass is 177 g/mol. The van der Waals surface area contributed by atoms with Gasteiger partial charge in [0.2, 0.25) is 0 Å². The molecular formula is C4H13B2Na2O3. The van der Waals surface area contributed by atoms with Crippen LogP contribution in [0.4, 0.5) is 0 Å². The molecule has 0 aliphatic heterocycles. The number of hydrogen-bond acceptors (Lipinski definition) is 3. The van der Waals surface area contributed by atoms with Gasteiger partial charge >= 0.3 is 59.1 Å². The van der Waals surface area contributed by atoms with Crippen molar-refractivity contribution in [2.24, 2.45) is 0 Å². The van der Waals surface area contributed by atoms with Gasteiger partial charge in [-0.05, 0) is 0 Å². The molecule has 0 aliphatic carbocycles. The molecule has 3 nitrogen and oxygen atoms in total. The Balaban J connectivity index is -0.00000000317. The van der Waals surface area contributed by atoms with Crippen LogP contribution in [0, 0.1) is 0 Å². The second-order valence-corrected chi connectivity index (χ2v) is 0.192. The van der Waals surface area contributed by atoms with Gasteiger partial charge in [0.15, 0.2) is 0 Å². The van der Waals surface area contributed by atoms with Crippen LogP contribution in [0.15, 0.2) is 0 Å². The zero-order valence-electron chi connectivity index (χ0n) is 6.96. The van der Waals surface area contributed by atoms with Crippen LogP contribution in [0.25, 0.3) is 0 Å². The fourth-order valence-corrected chi connectivity index (χ4v) is 0. The van der Waals surface area contributed by atoms with Gasteiger partial charge in [-0.2, -0.15) is 0 Å². The Labute approximate surface area is 119 Å². The minimum absolute atomic E-state index is 0. The molecule has 55 valence electrons. The minimum atomic E-state index is -0.181. The van der Waals surface area contributed by atoms with Gasteiger partial charge in [0, 0.05) is 8.41 Å². The first-order chi connectivity index (χ1) is 2.91. The second-order valence-electron chi connectivity index (χ2n) is 0.192. The summed E-state index contributed by atoms with van der Waals surface area (Å²) in [5.74, 6) is 0. The Morgan fingerprint density at radius 1 is 1.36 bits per heavy atom. The first-order valence-electron chi connectivity index (χ1n) is 1.22. The molecule has 0 aromatic carbocycles. The molecule has 0 fully saturated rings. The van der Waals surface area contributed by atoms with Gasteiger partial charge < -0.3 is 11.6 Å². The molecule has 0 unspecified atom stereocenters. The predicted molar refractivity (Wildman–Crippen MR) is 39.1 cm³/mol. The molecule has 0 aromatic heterocycles. The van der Waals surface area contributed by atoms with Crippen LogP contribution in [0.5, 0.6) is 0 Å². The van der Waals surface area contributed by atoms with Crippen LogP contribution in [-0.2, 0) is 9.68 Å². The van der Waals surface area contributed by atoms with Gasteiger partial charge in [-0.15, -0.1) is 0 Å². The summed E-state index contributed by atoms with van der Waals surface area (Å²) in [5, 5.41) is 8.43. The van der Waals surface area contributed by atoms with Crippen LogP contribution < -0.4 is 64.4 Å². The van der Waals surface area contributed by atoms with Crippen LogP contribution >= 0.6 is 0 Å². The summed E-state index contributed by atoms with van der Waals surface area (Å²) in [6, 6.07) is 0. The van der Waals surface area contributed by atoms with Gasteiger partial charge in [-0.1, -0.05) is 21.7 Å². The normalized spacial score (nSPS) is 2.36. The van der Waals surface area contributed by atoms with Crippen LogP contribution in [0.3, 0.4) is 0 Å². The zero-order chi connectivity index (χ0) is 5.41. The maximum Gasteiger partial charge on any atom is 1.00 e. The Hall–Kier alpha value is 1.56. The van der Waals surface area contributed by atoms with E-state index >= 15 is 0 Å². The van der Waals surface area contributed by atoms with E-state index in [-0.39, 0.29) is 90.3 Å². The van der Waals surface area contributed by atoms with Crippen molar-refractivity contribution in [1.29, 1.82) is 0 Å². The Morgan fingerprint density at radius 3 is 1.45 bits per heavy atom. The molecular weight excluding hydrogens is 164 g/mol. The summed E-state index contributed by atoms with van der Waals surface area (Å²) in [6.07, 6.45) is 0.